The first kappa shape index (κ1) is 14.5. The molecule has 1 aliphatic carbocycles. The van der Waals surface area contributed by atoms with Gasteiger partial charge in [0, 0.05) is 6.54 Å². The average Bonchev–Trinajstić information content (AvgIpc) is 2.71. The fourth-order valence-electron chi connectivity index (χ4n) is 2.21. The van der Waals surface area contributed by atoms with Gasteiger partial charge in [-0.2, -0.15) is 13.2 Å². The smallest absolute Gasteiger partial charge is 0.388 e. The predicted molar refractivity (Wildman–Crippen MR) is 66.1 cm³/mol. The first-order chi connectivity index (χ1) is 8.89. The normalized spacial score (nSPS) is 20.0. The van der Waals surface area contributed by atoms with Crippen LogP contribution in [0.25, 0.3) is 0 Å². The fourth-order valence-corrected chi connectivity index (χ4v) is 2.82. The Kier molecular flexibility index (Phi) is 4.29. The maximum atomic E-state index is 12.4. The van der Waals surface area contributed by atoms with Gasteiger partial charge in [-0.05, 0) is 12.8 Å². The largest absolute Gasteiger partial charge is 0.445 e. The van der Waals surface area contributed by atoms with Crippen LogP contribution >= 0.6 is 11.3 Å². The first-order valence-corrected chi connectivity index (χ1v) is 7.08. The molecule has 8 heteroatoms. The lowest BCUT2D eigenvalue weighted by Crippen LogP contribution is -2.36. The standard InChI is InChI=1S/C11H16F3N3OS/c12-11(13,14)8-16-17-9(19-8)15-7-10(18)5-3-1-2-4-6-10/h18H,1-7H2,(H,15,17). The summed E-state index contributed by atoms with van der Waals surface area (Å²) in [7, 11) is 0. The van der Waals surface area contributed by atoms with Crippen molar-refractivity contribution in [2.45, 2.75) is 50.3 Å². The van der Waals surface area contributed by atoms with Crippen LogP contribution in [0.15, 0.2) is 0 Å². The number of hydrogen-bond donors (Lipinski definition) is 2. The quantitative estimate of drug-likeness (QED) is 0.842. The molecular formula is C11H16F3N3OS. The van der Waals surface area contributed by atoms with Crippen molar-refractivity contribution in [1.82, 2.24) is 10.2 Å². The predicted octanol–water partition coefficient (Wildman–Crippen LogP) is 3.05. The molecule has 0 aliphatic heterocycles. The number of aromatic nitrogens is 2. The Bertz CT molecular complexity index is 414. The Labute approximate surface area is 113 Å². The van der Waals surface area contributed by atoms with Crippen molar-refractivity contribution in [2.24, 2.45) is 0 Å². The zero-order chi connectivity index (χ0) is 13.9. The third-order valence-electron chi connectivity index (χ3n) is 3.27. The Hall–Kier alpha value is -0.890. The highest BCUT2D eigenvalue weighted by Crippen LogP contribution is 2.33. The molecule has 0 aromatic carbocycles. The summed E-state index contributed by atoms with van der Waals surface area (Å²) in [4.78, 5) is 0. The molecule has 2 rings (SSSR count). The lowest BCUT2D eigenvalue weighted by Gasteiger charge is -2.26. The Morgan fingerprint density at radius 2 is 1.79 bits per heavy atom. The lowest BCUT2D eigenvalue weighted by molar-refractivity contribution is -0.138. The Morgan fingerprint density at radius 1 is 1.16 bits per heavy atom. The number of hydrogen-bond acceptors (Lipinski definition) is 5. The third-order valence-corrected chi connectivity index (χ3v) is 4.20. The summed E-state index contributed by atoms with van der Waals surface area (Å²) in [6.07, 6.45) is 0.968. The van der Waals surface area contributed by atoms with E-state index >= 15 is 0 Å². The van der Waals surface area contributed by atoms with Gasteiger partial charge in [-0.15, -0.1) is 10.2 Å². The zero-order valence-electron chi connectivity index (χ0n) is 10.3. The highest BCUT2D eigenvalue weighted by Gasteiger charge is 2.36. The number of nitrogens with one attached hydrogen (secondary N) is 1. The Morgan fingerprint density at radius 3 is 2.32 bits per heavy atom. The van der Waals surface area contributed by atoms with Crippen molar-refractivity contribution in [1.29, 1.82) is 0 Å². The Balaban J connectivity index is 1.92. The van der Waals surface area contributed by atoms with Gasteiger partial charge in [0.05, 0.1) is 5.60 Å². The van der Waals surface area contributed by atoms with E-state index in [0.717, 1.165) is 25.7 Å². The summed E-state index contributed by atoms with van der Waals surface area (Å²) in [5.74, 6) is 0. The van der Waals surface area contributed by atoms with Gasteiger partial charge in [-0.25, -0.2) is 0 Å². The summed E-state index contributed by atoms with van der Waals surface area (Å²) in [5, 5.41) is 18.8. The zero-order valence-corrected chi connectivity index (χ0v) is 11.2. The van der Waals surface area contributed by atoms with Crippen molar-refractivity contribution in [3.63, 3.8) is 0 Å². The molecule has 1 heterocycles. The van der Waals surface area contributed by atoms with E-state index in [-0.39, 0.29) is 11.7 Å². The molecule has 0 bridgehead atoms. The molecule has 1 aromatic heterocycles. The highest BCUT2D eigenvalue weighted by molar-refractivity contribution is 7.15. The van der Waals surface area contributed by atoms with Gasteiger partial charge >= 0.3 is 6.18 Å². The van der Waals surface area contributed by atoms with E-state index in [0.29, 0.717) is 24.2 Å². The summed E-state index contributed by atoms with van der Waals surface area (Å²) in [5.41, 5.74) is -0.847. The summed E-state index contributed by atoms with van der Waals surface area (Å²) >= 11 is 0.463. The number of nitrogens with zero attached hydrogens (tertiary/aromatic N) is 2. The molecule has 1 aromatic rings. The van der Waals surface area contributed by atoms with Crippen LogP contribution in [0.4, 0.5) is 18.3 Å². The van der Waals surface area contributed by atoms with Gasteiger partial charge in [-0.1, -0.05) is 37.0 Å². The monoisotopic (exact) mass is 295 g/mol. The van der Waals surface area contributed by atoms with Crippen LogP contribution in [-0.4, -0.2) is 27.4 Å². The van der Waals surface area contributed by atoms with Crippen LogP contribution in [0.2, 0.25) is 0 Å². The molecular weight excluding hydrogens is 279 g/mol. The van der Waals surface area contributed by atoms with E-state index < -0.39 is 16.8 Å². The van der Waals surface area contributed by atoms with E-state index in [1.807, 2.05) is 0 Å². The average molecular weight is 295 g/mol. The van der Waals surface area contributed by atoms with E-state index in [2.05, 4.69) is 15.5 Å². The molecule has 2 N–H and O–H groups in total. The molecule has 0 spiro atoms. The SMILES string of the molecule is OC1(CNc2nnc(C(F)(F)F)s2)CCCCCC1. The van der Waals surface area contributed by atoms with Crippen LogP contribution in [-0.2, 0) is 6.18 Å². The molecule has 4 nitrogen and oxygen atoms in total. The van der Waals surface area contributed by atoms with Crippen molar-refractivity contribution in [3.8, 4) is 0 Å². The molecule has 0 radical (unpaired) electrons. The highest BCUT2D eigenvalue weighted by atomic mass is 32.1. The number of rotatable bonds is 3. The van der Waals surface area contributed by atoms with Gasteiger partial charge in [0.1, 0.15) is 0 Å². The van der Waals surface area contributed by atoms with Crippen LogP contribution in [0.3, 0.4) is 0 Å². The number of anilines is 1. The number of aliphatic hydroxyl groups is 1. The van der Waals surface area contributed by atoms with Gasteiger partial charge < -0.3 is 10.4 Å². The molecule has 0 amide bonds. The van der Waals surface area contributed by atoms with Gasteiger partial charge in [0.2, 0.25) is 10.1 Å². The maximum absolute atomic E-state index is 12.4. The van der Waals surface area contributed by atoms with Crippen LogP contribution < -0.4 is 5.32 Å². The minimum absolute atomic E-state index is 0.102. The molecule has 1 aliphatic rings. The number of alkyl halides is 3. The van der Waals surface area contributed by atoms with Crippen molar-refractivity contribution >= 4 is 16.5 Å². The van der Waals surface area contributed by atoms with Gasteiger partial charge in [-0.3, -0.25) is 0 Å². The van der Waals surface area contributed by atoms with E-state index in [4.69, 9.17) is 0 Å². The van der Waals surface area contributed by atoms with Gasteiger partial charge in [0.25, 0.3) is 0 Å². The minimum Gasteiger partial charge on any atom is -0.388 e. The van der Waals surface area contributed by atoms with Gasteiger partial charge in [0.15, 0.2) is 0 Å². The van der Waals surface area contributed by atoms with Crippen LogP contribution in [0.1, 0.15) is 43.5 Å². The lowest BCUT2D eigenvalue weighted by atomic mass is 9.95. The summed E-state index contributed by atoms with van der Waals surface area (Å²) in [6, 6.07) is 0. The molecule has 19 heavy (non-hydrogen) atoms. The second-order valence-electron chi connectivity index (χ2n) is 4.90. The molecule has 0 atom stereocenters. The minimum atomic E-state index is -4.46. The van der Waals surface area contributed by atoms with E-state index in [9.17, 15) is 18.3 Å². The summed E-state index contributed by atoms with van der Waals surface area (Å²) < 4.78 is 37.1. The second-order valence-corrected chi connectivity index (χ2v) is 5.88. The molecule has 0 unspecified atom stereocenters. The first-order valence-electron chi connectivity index (χ1n) is 6.26. The topological polar surface area (TPSA) is 58.0 Å². The van der Waals surface area contributed by atoms with E-state index in [1.165, 1.54) is 0 Å². The molecule has 1 fully saturated rings. The van der Waals surface area contributed by atoms with Crippen LogP contribution in [0, 0.1) is 0 Å². The van der Waals surface area contributed by atoms with E-state index in [1.54, 1.807) is 0 Å². The third kappa shape index (κ3) is 4.04. The second kappa shape index (κ2) is 5.62. The van der Waals surface area contributed by atoms with Crippen molar-refractivity contribution in [2.75, 3.05) is 11.9 Å². The fraction of sp³-hybridized carbons (Fsp3) is 0.818. The van der Waals surface area contributed by atoms with Crippen LogP contribution in [0.5, 0.6) is 0 Å². The van der Waals surface area contributed by atoms with Crippen molar-refractivity contribution in [3.05, 3.63) is 5.01 Å². The van der Waals surface area contributed by atoms with Crippen molar-refractivity contribution < 1.29 is 18.3 Å². The summed E-state index contributed by atoms with van der Waals surface area (Å²) in [6.45, 7) is 0.222. The maximum Gasteiger partial charge on any atom is 0.445 e. The molecule has 108 valence electrons. The molecule has 1 saturated carbocycles. The molecule has 0 saturated heterocycles. The number of halogens is 3.